The van der Waals surface area contributed by atoms with Crippen LogP contribution in [0.2, 0.25) is 0 Å². The van der Waals surface area contributed by atoms with Gasteiger partial charge >= 0.3 is 6.18 Å². The molecule has 0 radical (unpaired) electrons. The second-order valence-electron chi connectivity index (χ2n) is 6.24. The first kappa shape index (κ1) is 22.4. The maximum atomic E-state index is 13.0. The van der Waals surface area contributed by atoms with Crippen LogP contribution in [0.25, 0.3) is 0 Å². The molecular formula is C19H20F3N3O3S. The molecule has 0 atom stereocenters. The van der Waals surface area contributed by atoms with E-state index in [4.69, 9.17) is 0 Å². The van der Waals surface area contributed by atoms with Gasteiger partial charge < -0.3 is 10.2 Å². The van der Waals surface area contributed by atoms with E-state index < -0.39 is 27.7 Å². The first-order valence-corrected chi connectivity index (χ1v) is 9.84. The van der Waals surface area contributed by atoms with E-state index in [9.17, 15) is 26.4 Å². The minimum Gasteiger partial charge on any atom is -0.376 e. The van der Waals surface area contributed by atoms with Crippen molar-refractivity contribution in [3.05, 3.63) is 66.2 Å². The highest BCUT2D eigenvalue weighted by molar-refractivity contribution is 7.89. The van der Waals surface area contributed by atoms with E-state index in [1.807, 2.05) is 0 Å². The van der Waals surface area contributed by atoms with E-state index in [1.54, 1.807) is 19.0 Å². The van der Waals surface area contributed by atoms with Crippen LogP contribution in [-0.2, 0) is 16.2 Å². The minimum atomic E-state index is -4.56. The Bertz CT molecular complexity index is 1000. The fraction of sp³-hybridized carbons (Fsp3) is 0.211. The third-order valence-electron chi connectivity index (χ3n) is 3.90. The van der Waals surface area contributed by atoms with Crippen LogP contribution in [0.5, 0.6) is 0 Å². The summed E-state index contributed by atoms with van der Waals surface area (Å²) in [4.78, 5) is 14.0. The molecule has 2 rings (SSSR count). The summed E-state index contributed by atoms with van der Waals surface area (Å²) in [6, 6.07) is 8.08. The minimum absolute atomic E-state index is 0.0147. The van der Waals surface area contributed by atoms with Crippen molar-refractivity contribution in [1.29, 1.82) is 0 Å². The molecule has 0 saturated carbocycles. The van der Waals surface area contributed by atoms with Crippen LogP contribution in [-0.4, -0.2) is 35.0 Å². The van der Waals surface area contributed by atoms with Gasteiger partial charge in [0.1, 0.15) is 0 Å². The molecule has 2 aromatic carbocycles. The van der Waals surface area contributed by atoms with Crippen molar-refractivity contribution in [1.82, 2.24) is 4.72 Å². The molecule has 0 aliphatic rings. The van der Waals surface area contributed by atoms with E-state index >= 15 is 0 Å². The van der Waals surface area contributed by atoms with Gasteiger partial charge in [-0.25, -0.2) is 13.1 Å². The lowest BCUT2D eigenvalue weighted by Gasteiger charge is -2.20. The number of hydrogen-bond acceptors (Lipinski definition) is 4. The smallest absolute Gasteiger partial charge is 0.376 e. The average molecular weight is 427 g/mol. The number of hydrogen-bond donors (Lipinski definition) is 2. The second-order valence-corrected chi connectivity index (χ2v) is 8.01. The molecule has 0 saturated heterocycles. The Labute approximate surface area is 167 Å². The quantitative estimate of drug-likeness (QED) is 0.663. The summed E-state index contributed by atoms with van der Waals surface area (Å²) in [5.41, 5.74) is -0.429. The van der Waals surface area contributed by atoms with Gasteiger partial charge in [-0.15, -0.1) is 6.58 Å². The van der Waals surface area contributed by atoms with Crippen LogP contribution >= 0.6 is 0 Å². The van der Waals surface area contributed by atoms with Gasteiger partial charge in [-0.1, -0.05) is 6.08 Å². The molecule has 1 amide bonds. The Balaban J connectivity index is 2.29. The van der Waals surface area contributed by atoms with Crippen LogP contribution in [0, 0.1) is 0 Å². The van der Waals surface area contributed by atoms with E-state index in [0.717, 1.165) is 12.1 Å². The summed E-state index contributed by atoms with van der Waals surface area (Å²) in [7, 11) is -0.482. The molecule has 0 aliphatic carbocycles. The molecule has 2 aromatic rings. The monoisotopic (exact) mass is 427 g/mol. The fourth-order valence-electron chi connectivity index (χ4n) is 2.43. The summed E-state index contributed by atoms with van der Waals surface area (Å²) in [6.45, 7) is 3.47. The summed E-state index contributed by atoms with van der Waals surface area (Å²) in [6.07, 6.45) is -3.17. The van der Waals surface area contributed by atoms with E-state index in [2.05, 4.69) is 16.6 Å². The Morgan fingerprint density at radius 3 is 2.28 bits per heavy atom. The molecule has 156 valence electrons. The lowest BCUT2D eigenvalue weighted by Crippen LogP contribution is -2.23. The normalized spacial score (nSPS) is 11.8. The van der Waals surface area contributed by atoms with E-state index in [1.165, 1.54) is 36.4 Å². The molecule has 2 N–H and O–H groups in total. The molecule has 0 aliphatic heterocycles. The highest BCUT2D eigenvalue weighted by Gasteiger charge is 2.31. The van der Waals surface area contributed by atoms with Crippen LogP contribution in [0.1, 0.15) is 15.9 Å². The zero-order valence-electron chi connectivity index (χ0n) is 15.7. The molecule has 0 heterocycles. The van der Waals surface area contributed by atoms with Gasteiger partial charge in [0, 0.05) is 26.2 Å². The van der Waals surface area contributed by atoms with Crippen molar-refractivity contribution in [2.45, 2.75) is 11.1 Å². The van der Waals surface area contributed by atoms with Gasteiger partial charge in [-0.3, -0.25) is 4.79 Å². The topological polar surface area (TPSA) is 78.5 Å². The van der Waals surface area contributed by atoms with Crippen LogP contribution in [0.3, 0.4) is 0 Å². The average Bonchev–Trinajstić information content (AvgIpc) is 2.65. The fourth-order valence-corrected chi connectivity index (χ4v) is 3.43. The molecular weight excluding hydrogens is 407 g/mol. The Morgan fingerprint density at radius 2 is 1.76 bits per heavy atom. The maximum Gasteiger partial charge on any atom is 0.416 e. The van der Waals surface area contributed by atoms with E-state index in [0.29, 0.717) is 5.69 Å². The molecule has 6 nitrogen and oxygen atoms in total. The maximum absolute atomic E-state index is 13.0. The number of nitrogens with zero attached hydrogens (tertiary/aromatic N) is 1. The van der Waals surface area contributed by atoms with Gasteiger partial charge in [0.25, 0.3) is 5.91 Å². The number of nitrogens with one attached hydrogen (secondary N) is 2. The van der Waals surface area contributed by atoms with Gasteiger partial charge in [0.2, 0.25) is 10.0 Å². The summed E-state index contributed by atoms with van der Waals surface area (Å²) >= 11 is 0. The molecule has 29 heavy (non-hydrogen) atoms. The molecule has 10 heteroatoms. The first-order chi connectivity index (χ1) is 13.5. The number of carbonyl (C=O) groups excluding carboxylic acids is 1. The van der Waals surface area contributed by atoms with Gasteiger partial charge in [0.15, 0.2) is 0 Å². The first-order valence-electron chi connectivity index (χ1n) is 8.36. The van der Waals surface area contributed by atoms with Crippen molar-refractivity contribution >= 4 is 27.3 Å². The predicted octanol–water partition coefficient (Wildman–Crippen LogP) is 3.49. The summed E-state index contributed by atoms with van der Waals surface area (Å²) < 4.78 is 65.4. The highest BCUT2D eigenvalue weighted by atomic mass is 32.2. The van der Waals surface area contributed by atoms with Crippen LogP contribution < -0.4 is 14.9 Å². The summed E-state index contributed by atoms with van der Waals surface area (Å²) in [5.74, 6) is -0.671. The largest absolute Gasteiger partial charge is 0.416 e. The van der Waals surface area contributed by atoms with Crippen molar-refractivity contribution in [2.75, 3.05) is 30.9 Å². The lowest BCUT2D eigenvalue weighted by molar-refractivity contribution is -0.137. The standard InChI is InChI=1S/C19H20F3N3O3S/c1-4-11-23-29(27,28)15-8-5-13(6-9-15)18(26)24-16-12-14(19(20,21)22)7-10-17(16)25(2)3/h4-10,12,23H,1,11H2,2-3H3,(H,24,26). The van der Waals surface area contributed by atoms with Crippen LogP contribution in [0.4, 0.5) is 24.5 Å². The third kappa shape index (κ3) is 5.58. The third-order valence-corrected chi connectivity index (χ3v) is 5.34. The number of amides is 1. The van der Waals surface area contributed by atoms with Crippen molar-refractivity contribution in [3.8, 4) is 0 Å². The second kappa shape index (κ2) is 8.66. The number of carbonyl (C=O) groups is 1. The number of anilines is 2. The van der Waals surface area contributed by atoms with Gasteiger partial charge in [-0.05, 0) is 42.5 Å². The zero-order valence-corrected chi connectivity index (χ0v) is 16.6. The Kier molecular flexibility index (Phi) is 6.70. The Morgan fingerprint density at radius 1 is 1.14 bits per heavy atom. The molecule has 0 fully saturated rings. The van der Waals surface area contributed by atoms with Crippen LogP contribution in [0.15, 0.2) is 60.0 Å². The molecule has 0 bridgehead atoms. The number of rotatable bonds is 7. The number of sulfonamides is 1. The molecule has 0 aromatic heterocycles. The van der Waals surface area contributed by atoms with Crippen molar-refractivity contribution in [3.63, 3.8) is 0 Å². The Hall–Kier alpha value is -2.85. The SMILES string of the molecule is C=CCNS(=O)(=O)c1ccc(C(=O)Nc2cc(C(F)(F)F)ccc2N(C)C)cc1. The number of halogens is 3. The molecule has 0 spiro atoms. The zero-order chi connectivity index (χ0) is 21.8. The van der Waals surface area contributed by atoms with Gasteiger partial charge in [-0.2, -0.15) is 13.2 Å². The van der Waals surface area contributed by atoms with Crippen molar-refractivity contribution < 1.29 is 26.4 Å². The summed E-state index contributed by atoms with van der Waals surface area (Å²) in [5, 5.41) is 2.45. The number of benzene rings is 2. The predicted molar refractivity (Wildman–Crippen MR) is 106 cm³/mol. The van der Waals surface area contributed by atoms with Gasteiger partial charge in [0.05, 0.1) is 21.8 Å². The lowest BCUT2D eigenvalue weighted by atomic mass is 10.1. The molecule has 0 unspecified atom stereocenters. The van der Waals surface area contributed by atoms with Crippen molar-refractivity contribution in [2.24, 2.45) is 0 Å². The van der Waals surface area contributed by atoms with E-state index in [-0.39, 0.29) is 22.7 Å². The highest BCUT2D eigenvalue weighted by Crippen LogP contribution is 2.35. The number of alkyl halides is 3.